The zero-order chi connectivity index (χ0) is 13.3. The van der Waals surface area contributed by atoms with Crippen molar-refractivity contribution >= 4 is 23.3 Å². The molecule has 1 saturated heterocycles. The summed E-state index contributed by atoms with van der Waals surface area (Å²) in [6.45, 7) is 0.423. The van der Waals surface area contributed by atoms with Crippen molar-refractivity contribution in [2.24, 2.45) is 0 Å². The lowest BCUT2D eigenvalue weighted by Gasteiger charge is -2.15. The van der Waals surface area contributed by atoms with Crippen LogP contribution in [0.15, 0.2) is 18.2 Å². The molecule has 2 rings (SSSR count). The molecule has 7 heteroatoms. The highest BCUT2D eigenvalue weighted by Crippen LogP contribution is 2.32. The third-order valence-electron chi connectivity index (χ3n) is 2.78. The summed E-state index contributed by atoms with van der Waals surface area (Å²) in [5.41, 5.74) is -0.366. The van der Waals surface area contributed by atoms with Gasteiger partial charge in [-0.05, 0) is 18.6 Å². The third kappa shape index (κ3) is 2.02. The van der Waals surface area contributed by atoms with E-state index in [9.17, 15) is 19.7 Å². The molecule has 94 valence electrons. The van der Waals surface area contributed by atoms with E-state index in [2.05, 4.69) is 0 Å². The second kappa shape index (κ2) is 4.44. The molecule has 1 amide bonds. The third-order valence-corrected chi connectivity index (χ3v) is 2.78. The lowest BCUT2D eigenvalue weighted by atomic mass is 10.1. The number of rotatable bonds is 3. The van der Waals surface area contributed by atoms with Crippen molar-refractivity contribution in [2.45, 2.75) is 12.8 Å². The second-order valence-corrected chi connectivity index (χ2v) is 3.91. The maximum Gasteiger partial charge on any atom is 0.335 e. The molecule has 0 saturated carbocycles. The number of carbonyl (C=O) groups is 2. The lowest BCUT2D eigenvalue weighted by molar-refractivity contribution is -0.384. The van der Waals surface area contributed by atoms with Gasteiger partial charge < -0.3 is 10.0 Å². The molecule has 0 spiro atoms. The Kier molecular flexibility index (Phi) is 2.97. The SMILES string of the molecule is O=C(O)c1ccc(N2CCCC2=O)c([N+](=O)[O-])c1. The van der Waals surface area contributed by atoms with Crippen LogP contribution in [0.4, 0.5) is 11.4 Å². The number of nitro groups is 1. The van der Waals surface area contributed by atoms with Crippen molar-refractivity contribution in [1.29, 1.82) is 0 Å². The molecule has 1 heterocycles. The normalized spacial score (nSPS) is 14.9. The van der Waals surface area contributed by atoms with E-state index in [0.717, 1.165) is 6.07 Å². The fourth-order valence-electron chi connectivity index (χ4n) is 1.93. The largest absolute Gasteiger partial charge is 0.478 e. The van der Waals surface area contributed by atoms with Crippen LogP contribution in [-0.4, -0.2) is 28.5 Å². The zero-order valence-corrected chi connectivity index (χ0v) is 9.33. The van der Waals surface area contributed by atoms with Gasteiger partial charge in [0.25, 0.3) is 5.69 Å². The average Bonchev–Trinajstić information content (AvgIpc) is 2.74. The fraction of sp³-hybridized carbons (Fsp3) is 0.273. The molecule has 1 fully saturated rings. The molecule has 0 unspecified atom stereocenters. The quantitative estimate of drug-likeness (QED) is 0.645. The van der Waals surface area contributed by atoms with Gasteiger partial charge in [-0.2, -0.15) is 0 Å². The van der Waals surface area contributed by atoms with Crippen molar-refractivity contribution < 1.29 is 19.6 Å². The Labute approximate surface area is 102 Å². The van der Waals surface area contributed by atoms with Crippen molar-refractivity contribution in [1.82, 2.24) is 0 Å². The second-order valence-electron chi connectivity index (χ2n) is 3.91. The van der Waals surface area contributed by atoms with Crippen molar-refractivity contribution in [3.05, 3.63) is 33.9 Å². The predicted molar refractivity (Wildman–Crippen MR) is 61.6 cm³/mol. The van der Waals surface area contributed by atoms with Gasteiger partial charge in [-0.1, -0.05) is 0 Å². The smallest absolute Gasteiger partial charge is 0.335 e. The van der Waals surface area contributed by atoms with Gasteiger partial charge in [-0.25, -0.2) is 4.79 Å². The molecule has 1 N–H and O–H groups in total. The van der Waals surface area contributed by atoms with E-state index in [1.165, 1.54) is 17.0 Å². The van der Waals surface area contributed by atoms with E-state index in [-0.39, 0.29) is 22.8 Å². The van der Waals surface area contributed by atoms with Crippen LogP contribution in [0.1, 0.15) is 23.2 Å². The van der Waals surface area contributed by atoms with E-state index in [0.29, 0.717) is 19.4 Å². The van der Waals surface area contributed by atoms with Crippen LogP contribution < -0.4 is 4.90 Å². The number of nitro benzene ring substituents is 1. The summed E-state index contributed by atoms with van der Waals surface area (Å²) in [7, 11) is 0. The Morgan fingerprint density at radius 1 is 1.44 bits per heavy atom. The molecular weight excluding hydrogens is 240 g/mol. The van der Waals surface area contributed by atoms with Crippen LogP contribution in [0.3, 0.4) is 0 Å². The average molecular weight is 250 g/mol. The maximum atomic E-state index is 11.6. The lowest BCUT2D eigenvalue weighted by Crippen LogP contribution is -2.24. The van der Waals surface area contributed by atoms with Crippen molar-refractivity contribution in [2.75, 3.05) is 11.4 Å². The van der Waals surface area contributed by atoms with Crippen molar-refractivity contribution in [3.8, 4) is 0 Å². The molecule has 0 aliphatic carbocycles. The van der Waals surface area contributed by atoms with Crippen LogP contribution in [0.5, 0.6) is 0 Å². The Morgan fingerprint density at radius 2 is 2.17 bits per heavy atom. The Morgan fingerprint density at radius 3 is 2.67 bits per heavy atom. The molecule has 7 nitrogen and oxygen atoms in total. The number of carboxylic acid groups (broad SMARTS) is 1. The summed E-state index contributed by atoms with van der Waals surface area (Å²) in [6.07, 6.45) is 1.01. The number of hydrogen-bond acceptors (Lipinski definition) is 4. The summed E-state index contributed by atoms with van der Waals surface area (Å²) in [4.78, 5) is 33.9. The van der Waals surface area contributed by atoms with Crippen LogP contribution in [0.25, 0.3) is 0 Å². The number of anilines is 1. The van der Waals surface area contributed by atoms with E-state index in [1.807, 2.05) is 0 Å². The number of carbonyl (C=O) groups excluding carboxylic acids is 1. The number of aromatic carboxylic acids is 1. The van der Waals surface area contributed by atoms with Crippen LogP contribution in [0.2, 0.25) is 0 Å². The van der Waals surface area contributed by atoms with E-state index in [1.54, 1.807) is 0 Å². The van der Waals surface area contributed by atoms with Gasteiger partial charge in [0.05, 0.1) is 10.5 Å². The number of hydrogen-bond donors (Lipinski definition) is 1. The minimum Gasteiger partial charge on any atom is -0.478 e. The minimum atomic E-state index is -1.24. The number of nitrogens with zero attached hydrogens (tertiary/aromatic N) is 2. The Balaban J connectivity index is 2.50. The molecular formula is C11H10N2O5. The van der Waals surface area contributed by atoms with Crippen molar-refractivity contribution in [3.63, 3.8) is 0 Å². The van der Waals surface area contributed by atoms with E-state index >= 15 is 0 Å². The summed E-state index contributed by atoms with van der Waals surface area (Å²) in [6, 6.07) is 3.55. The molecule has 0 atom stereocenters. The van der Waals surface area contributed by atoms with Gasteiger partial charge in [0.1, 0.15) is 5.69 Å². The first kappa shape index (κ1) is 12.0. The summed E-state index contributed by atoms with van der Waals surface area (Å²) >= 11 is 0. The van der Waals surface area contributed by atoms with Gasteiger partial charge in [-0.15, -0.1) is 0 Å². The molecule has 1 aliphatic rings. The van der Waals surface area contributed by atoms with Gasteiger partial charge in [0, 0.05) is 19.0 Å². The van der Waals surface area contributed by atoms with Gasteiger partial charge >= 0.3 is 5.97 Å². The van der Waals surface area contributed by atoms with E-state index < -0.39 is 10.9 Å². The standard InChI is InChI=1S/C11H10N2O5/c14-10-2-1-5-12(10)8-4-3-7(11(15)16)6-9(8)13(17)18/h3-4,6H,1-2,5H2,(H,15,16). The maximum absolute atomic E-state index is 11.6. The molecule has 1 aliphatic heterocycles. The van der Waals surface area contributed by atoms with E-state index in [4.69, 9.17) is 5.11 Å². The first-order chi connectivity index (χ1) is 8.50. The minimum absolute atomic E-state index is 0.160. The predicted octanol–water partition coefficient (Wildman–Crippen LogP) is 1.42. The summed E-state index contributed by atoms with van der Waals surface area (Å²) < 4.78 is 0. The highest BCUT2D eigenvalue weighted by Gasteiger charge is 2.28. The number of amides is 1. The van der Waals surface area contributed by atoms with Crippen LogP contribution in [0, 0.1) is 10.1 Å². The Hall–Kier alpha value is -2.44. The highest BCUT2D eigenvalue weighted by molar-refractivity contribution is 5.98. The first-order valence-corrected chi connectivity index (χ1v) is 5.33. The Bertz CT molecular complexity index is 540. The van der Waals surface area contributed by atoms with Gasteiger partial charge in [-0.3, -0.25) is 14.9 Å². The fourth-order valence-corrected chi connectivity index (χ4v) is 1.93. The topological polar surface area (TPSA) is 101 Å². The van der Waals surface area contributed by atoms with Gasteiger partial charge in [0.2, 0.25) is 5.91 Å². The van der Waals surface area contributed by atoms with Crippen LogP contribution >= 0.6 is 0 Å². The number of benzene rings is 1. The molecule has 0 radical (unpaired) electrons. The summed E-state index contributed by atoms with van der Waals surface area (Å²) in [5.74, 6) is -1.42. The van der Waals surface area contributed by atoms with Crippen LogP contribution in [-0.2, 0) is 4.79 Å². The highest BCUT2D eigenvalue weighted by atomic mass is 16.6. The zero-order valence-electron chi connectivity index (χ0n) is 9.33. The number of carboxylic acids is 1. The molecule has 0 bridgehead atoms. The summed E-state index contributed by atoms with van der Waals surface area (Å²) in [5, 5.41) is 19.7. The van der Waals surface area contributed by atoms with Gasteiger partial charge in [0.15, 0.2) is 0 Å². The monoisotopic (exact) mass is 250 g/mol. The molecule has 1 aromatic carbocycles. The molecule has 1 aromatic rings. The molecule has 18 heavy (non-hydrogen) atoms. The first-order valence-electron chi connectivity index (χ1n) is 5.33. The molecule has 0 aromatic heterocycles.